The Kier molecular flexibility index (Phi) is 4.24. The van der Waals surface area contributed by atoms with E-state index in [2.05, 4.69) is 26.2 Å². The molecule has 6 heteroatoms. The molecular formula is C15H10BrClN2OS. The number of thiazole rings is 1. The van der Waals surface area contributed by atoms with Crippen LogP contribution in [0.1, 0.15) is 15.9 Å². The van der Waals surface area contributed by atoms with Gasteiger partial charge in [0, 0.05) is 15.9 Å². The number of carbonyl (C=O) groups excluding carboxylic acids is 1. The fourth-order valence-electron chi connectivity index (χ4n) is 1.87. The molecule has 1 N–H and O–H groups in total. The highest BCUT2D eigenvalue weighted by atomic mass is 79.9. The first kappa shape index (κ1) is 14.5. The van der Waals surface area contributed by atoms with Crippen molar-refractivity contribution < 1.29 is 4.79 Å². The van der Waals surface area contributed by atoms with Gasteiger partial charge >= 0.3 is 0 Å². The maximum absolute atomic E-state index is 12.2. The van der Waals surface area contributed by atoms with Crippen molar-refractivity contribution in [2.45, 2.75) is 5.33 Å². The number of halogens is 2. The molecule has 1 heterocycles. The van der Waals surface area contributed by atoms with Crippen molar-refractivity contribution in [3.05, 3.63) is 58.6 Å². The van der Waals surface area contributed by atoms with E-state index in [0.29, 0.717) is 15.7 Å². The number of aromatic nitrogens is 1. The Morgan fingerprint density at radius 2 is 2.00 bits per heavy atom. The normalized spacial score (nSPS) is 10.8. The average molecular weight is 382 g/mol. The number of amides is 1. The fraction of sp³-hybridized carbons (Fsp3) is 0.0667. The molecule has 3 rings (SSSR count). The van der Waals surface area contributed by atoms with Gasteiger partial charge < -0.3 is 0 Å². The summed E-state index contributed by atoms with van der Waals surface area (Å²) in [6.45, 7) is 0. The Morgan fingerprint density at radius 3 is 2.71 bits per heavy atom. The number of hydrogen-bond acceptors (Lipinski definition) is 3. The SMILES string of the molecule is O=C(Nc1nc2ccc(Cl)cc2s1)c1ccc(CBr)cc1. The summed E-state index contributed by atoms with van der Waals surface area (Å²) in [6, 6.07) is 12.9. The topological polar surface area (TPSA) is 42.0 Å². The van der Waals surface area contributed by atoms with E-state index in [-0.39, 0.29) is 5.91 Å². The lowest BCUT2D eigenvalue weighted by Crippen LogP contribution is -2.11. The van der Waals surface area contributed by atoms with Crippen molar-refractivity contribution in [1.82, 2.24) is 4.98 Å². The van der Waals surface area contributed by atoms with Gasteiger partial charge in [0.15, 0.2) is 5.13 Å². The van der Waals surface area contributed by atoms with E-state index in [1.165, 1.54) is 11.3 Å². The second-order valence-corrected chi connectivity index (χ2v) is 6.44. The first-order valence-corrected chi connectivity index (χ1v) is 8.49. The van der Waals surface area contributed by atoms with Gasteiger partial charge in [0.1, 0.15) is 0 Å². The molecular weight excluding hydrogens is 372 g/mol. The molecule has 0 saturated carbocycles. The van der Waals surface area contributed by atoms with Crippen molar-refractivity contribution in [2.75, 3.05) is 5.32 Å². The Morgan fingerprint density at radius 1 is 1.24 bits per heavy atom. The molecule has 106 valence electrons. The number of fused-ring (bicyclic) bond motifs is 1. The number of alkyl halides is 1. The Hall–Kier alpha value is -1.43. The minimum atomic E-state index is -0.165. The Bertz CT molecular complexity index is 801. The highest BCUT2D eigenvalue weighted by Gasteiger charge is 2.10. The number of carbonyl (C=O) groups is 1. The lowest BCUT2D eigenvalue weighted by atomic mass is 10.1. The lowest BCUT2D eigenvalue weighted by molar-refractivity contribution is 0.102. The molecule has 3 nitrogen and oxygen atoms in total. The lowest BCUT2D eigenvalue weighted by Gasteiger charge is -2.02. The molecule has 2 aromatic carbocycles. The first-order valence-electron chi connectivity index (χ1n) is 6.18. The van der Waals surface area contributed by atoms with Crippen LogP contribution in [-0.2, 0) is 5.33 Å². The van der Waals surface area contributed by atoms with Crippen LogP contribution in [-0.4, -0.2) is 10.9 Å². The van der Waals surface area contributed by atoms with E-state index in [1.54, 1.807) is 18.2 Å². The van der Waals surface area contributed by atoms with Gasteiger partial charge in [-0.05, 0) is 35.9 Å². The van der Waals surface area contributed by atoms with Crippen molar-refractivity contribution >= 4 is 60.1 Å². The molecule has 0 atom stereocenters. The van der Waals surface area contributed by atoms with Gasteiger partial charge in [-0.2, -0.15) is 0 Å². The van der Waals surface area contributed by atoms with Crippen molar-refractivity contribution in [3.8, 4) is 0 Å². The zero-order valence-electron chi connectivity index (χ0n) is 10.8. The molecule has 1 aromatic heterocycles. The number of anilines is 1. The number of hydrogen-bond donors (Lipinski definition) is 1. The molecule has 0 unspecified atom stereocenters. The van der Waals surface area contributed by atoms with E-state index in [4.69, 9.17) is 11.6 Å². The fourth-order valence-corrected chi connectivity index (χ4v) is 3.38. The van der Waals surface area contributed by atoms with Crippen molar-refractivity contribution in [1.29, 1.82) is 0 Å². The molecule has 21 heavy (non-hydrogen) atoms. The second-order valence-electron chi connectivity index (χ2n) is 4.42. The summed E-state index contributed by atoms with van der Waals surface area (Å²) in [4.78, 5) is 16.5. The van der Waals surface area contributed by atoms with Crippen LogP contribution >= 0.6 is 38.9 Å². The third-order valence-electron chi connectivity index (χ3n) is 2.94. The number of nitrogens with zero attached hydrogens (tertiary/aromatic N) is 1. The maximum Gasteiger partial charge on any atom is 0.257 e. The Labute approximate surface area is 139 Å². The summed E-state index contributed by atoms with van der Waals surface area (Å²) in [5.74, 6) is -0.165. The summed E-state index contributed by atoms with van der Waals surface area (Å²) in [5.41, 5.74) is 2.56. The van der Waals surface area contributed by atoms with Gasteiger partial charge in [0.25, 0.3) is 5.91 Å². The van der Waals surface area contributed by atoms with Crippen LogP contribution in [0.15, 0.2) is 42.5 Å². The molecule has 0 aliphatic heterocycles. The highest BCUT2D eigenvalue weighted by Crippen LogP contribution is 2.28. The van der Waals surface area contributed by atoms with Crippen LogP contribution in [0.4, 0.5) is 5.13 Å². The van der Waals surface area contributed by atoms with Gasteiger partial charge in [-0.25, -0.2) is 4.98 Å². The van der Waals surface area contributed by atoms with Gasteiger partial charge in [-0.1, -0.05) is 51.0 Å². The maximum atomic E-state index is 12.2. The largest absolute Gasteiger partial charge is 0.298 e. The van der Waals surface area contributed by atoms with Gasteiger partial charge in [-0.3, -0.25) is 10.1 Å². The Balaban J connectivity index is 1.81. The summed E-state index contributed by atoms with van der Waals surface area (Å²) in [7, 11) is 0. The van der Waals surface area contributed by atoms with Gasteiger partial charge in [0.05, 0.1) is 10.2 Å². The molecule has 0 aliphatic rings. The monoisotopic (exact) mass is 380 g/mol. The third kappa shape index (κ3) is 3.26. The highest BCUT2D eigenvalue weighted by molar-refractivity contribution is 9.08. The molecule has 0 saturated heterocycles. The standard InChI is InChI=1S/C15H10BrClN2OS/c16-8-9-1-3-10(4-2-9)14(20)19-15-18-12-6-5-11(17)7-13(12)21-15/h1-7H,8H2,(H,18,19,20). The number of nitrogens with one attached hydrogen (secondary N) is 1. The summed E-state index contributed by atoms with van der Waals surface area (Å²) < 4.78 is 0.951. The predicted octanol–water partition coefficient (Wildman–Crippen LogP) is 5.10. The van der Waals surface area contributed by atoms with Gasteiger partial charge in [0.2, 0.25) is 0 Å². The van der Waals surface area contributed by atoms with Crippen LogP contribution in [0, 0.1) is 0 Å². The molecule has 0 aliphatic carbocycles. The smallest absolute Gasteiger partial charge is 0.257 e. The van der Waals surface area contributed by atoms with Crippen LogP contribution < -0.4 is 5.32 Å². The van der Waals surface area contributed by atoms with Crippen LogP contribution in [0.2, 0.25) is 5.02 Å². The second kappa shape index (κ2) is 6.13. The zero-order valence-corrected chi connectivity index (χ0v) is 13.9. The average Bonchev–Trinajstić information content (AvgIpc) is 2.88. The minimum Gasteiger partial charge on any atom is -0.298 e. The van der Waals surface area contributed by atoms with E-state index in [9.17, 15) is 4.79 Å². The molecule has 1 amide bonds. The van der Waals surface area contributed by atoms with E-state index in [1.807, 2.05) is 24.3 Å². The molecule has 3 aromatic rings. The summed E-state index contributed by atoms with van der Waals surface area (Å²) in [6.07, 6.45) is 0. The number of benzene rings is 2. The quantitative estimate of drug-likeness (QED) is 0.642. The van der Waals surface area contributed by atoms with Crippen molar-refractivity contribution in [3.63, 3.8) is 0 Å². The van der Waals surface area contributed by atoms with Crippen LogP contribution in [0.3, 0.4) is 0 Å². The minimum absolute atomic E-state index is 0.165. The molecule has 0 bridgehead atoms. The van der Waals surface area contributed by atoms with E-state index < -0.39 is 0 Å². The van der Waals surface area contributed by atoms with Crippen LogP contribution in [0.5, 0.6) is 0 Å². The zero-order chi connectivity index (χ0) is 14.8. The van der Waals surface area contributed by atoms with E-state index >= 15 is 0 Å². The molecule has 0 radical (unpaired) electrons. The van der Waals surface area contributed by atoms with Gasteiger partial charge in [-0.15, -0.1) is 0 Å². The first-order chi connectivity index (χ1) is 10.2. The summed E-state index contributed by atoms with van der Waals surface area (Å²) in [5, 5.41) is 4.82. The van der Waals surface area contributed by atoms with E-state index in [0.717, 1.165) is 21.1 Å². The third-order valence-corrected chi connectivity index (χ3v) is 4.76. The predicted molar refractivity (Wildman–Crippen MR) is 91.7 cm³/mol. The van der Waals surface area contributed by atoms with Crippen molar-refractivity contribution in [2.24, 2.45) is 0 Å². The molecule has 0 fully saturated rings. The summed E-state index contributed by atoms with van der Waals surface area (Å²) >= 11 is 10.7. The number of rotatable bonds is 3. The van der Waals surface area contributed by atoms with Crippen LogP contribution in [0.25, 0.3) is 10.2 Å². The molecule has 0 spiro atoms.